The van der Waals surface area contributed by atoms with Gasteiger partial charge in [-0.25, -0.2) is 0 Å². The van der Waals surface area contributed by atoms with Crippen molar-refractivity contribution >= 4 is 5.91 Å². The van der Waals surface area contributed by atoms with Crippen LogP contribution in [0.3, 0.4) is 0 Å². The first-order valence-corrected chi connectivity index (χ1v) is 9.03. The maximum atomic E-state index is 12.6. The van der Waals surface area contributed by atoms with Crippen molar-refractivity contribution in [3.8, 4) is 0 Å². The van der Waals surface area contributed by atoms with Gasteiger partial charge in [-0.1, -0.05) is 6.07 Å². The molecule has 1 aliphatic heterocycles. The van der Waals surface area contributed by atoms with Crippen molar-refractivity contribution in [1.29, 1.82) is 0 Å². The van der Waals surface area contributed by atoms with Crippen LogP contribution in [0.25, 0.3) is 0 Å². The molecule has 1 aliphatic carbocycles. The summed E-state index contributed by atoms with van der Waals surface area (Å²) in [6.07, 6.45) is 7.01. The third-order valence-electron chi connectivity index (χ3n) is 5.31. The van der Waals surface area contributed by atoms with Crippen LogP contribution in [0.1, 0.15) is 37.8 Å². The number of aromatic nitrogens is 1. The summed E-state index contributed by atoms with van der Waals surface area (Å²) in [5, 5.41) is 0. The van der Waals surface area contributed by atoms with Gasteiger partial charge in [0.25, 0.3) is 5.91 Å². The van der Waals surface area contributed by atoms with Crippen LogP contribution in [-0.2, 0) is 9.53 Å². The molecule has 1 aromatic rings. The van der Waals surface area contributed by atoms with E-state index in [2.05, 4.69) is 23.0 Å². The van der Waals surface area contributed by atoms with Crippen molar-refractivity contribution in [1.82, 2.24) is 14.8 Å². The molecule has 132 valence electrons. The molecule has 0 spiro atoms. The lowest BCUT2D eigenvalue weighted by atomic mass is 9.94. The molecular weight excluding hydrogens is 302 g/mol. The van der Waals surface area contributed by atoms with Crippen molar-refractivity contribution in [2.24, 2.45) is 11.8 Å². The lowest BCUT2D eigenvalue weighted by molar-refractivity contribution is -0.142. The third-order valence-corrected chi connectivity index (χ3v) is 5.31. The molecule has 0 unspecified atom stereocenters. The van der Waals surface area contributed by atoms with Gasteiger partial charge >= 0.3 is 0 Å². The van der Waals surface area contributed by atoms with Gasteiger partial charge in [-0.2, -0.15) is 0 Å². The summed E-state index contributed by atoms with van der Waals surface area (Å²) in [4.78, 5) is 21.0. The van der Waals surface area contributed by atoms with Crippen LogP contribution in [0.4, 0.5) is 0 Å². The Bertz CT molecular complexity index is 547. The van der Waals surface area contributed by atoms with Crippen molar-refractivity contribution in [3.05, 3.63) is 30.1 Å². The van der Waals surface area contributed by atoms with Crippen molar-refractivity contribution in [2.45, 2.75) is 38.3 Å². The Morgan fingerprint density at radius 2 is 2.25 bits per heavy atom. The van der Waals surface area contributed by atoms with Crippen LogP contribution in [-0.4, -0.2) is 60.6 Å². The molecule has 5 nitrogen and oxygen atoms in total. The molecular formula is C19H29N3O2. The van der Waals surface area contributed by atoms with E-state index in [4.69, 9.17) is 4.74 Å². The molecule has 0 radical (unpaired) electrons. The van der Waals surface area contributed by atoms with E-state index in [9.17, 15) is 4.79 Å². The number of rotatable bonds is 7. The van der Waals surface area contributed by atoms with E-state index in [1.807, 2.05) is 37.3 Å². The normalized spacial score (nSPS) is 25.6. The average Bonchev–Trinajstić information content (AvgIpc) is 3.35. The number of likely N-dealkylation sites (N-methyl/N-ethyl adjacent to an activating group) is 1. The minimum absolute atomic E-state index is 0.0927. The SMILES string of the molecule is C[C@@H](OCC1CC1)C(=O)N(C)C[C@@H]1CCN(C)[C@H]1c1cccnc1. The summed E-state index contributed by atoms with van der Waals surface area (Å²) in [6, 6.07) is 4.45. The predicted octanol–water partition coefficient (Wildman–Crippen LogP) is 2.35. The highest BCUT2D eigenvalue weighted by Gasteiger charge is 2.35. The average molecular weight is 331 g/mol. The van der Waals surface area contributed by atoms with Gasteiger partial charge in [0.05, 0.1) is 6.61 Å². The fourth-order valence-corrected chi connectivity index (χ4v) is 3.68. The maximum absolute atomic E-state index is 12.6. The summed E-state index contributed by atoms with van der Waals surface area (Å²) in [6.45, 7) is 4.42. The first-order chi connectivity index (χ1) is 11.6. The van der Waals surface area contributed by atoms with Crippen molar-refractivity contribution < 1.29 is 9.53 Å². The Labute approximate surface area is 145 Å². The number of carbonyl (C=O) groups is 1. The molecule has 3 atom stereocenters. The Morgan fingerprint density at radius 1 is 1.46 bits per heavy atom. The molecule has 0 N–H and O–H groups in total. The minimum Gasteiger partial charge on any atom is -0.368 e. The molecule has 0 bridgehead atoms. The number of hydrogen-bond donors (Lipinski definition) is 0. The molecule has 2 aliphatic rings. The first-order valence-electron chi connectivity index (χ1n) is 9.03. The van der Waals surface area contributed by atoms with Gasteiger partial charge in [-0.15, -0.1) is 0 Å². The van der Waals surface area contributed by atoms with Gasteiger partial charge in [0.15, 0.2) is 0 Å². The second-order valence-corrected chi connectivity index (χ2v) is 7.40. The Kier molecular flexibility index (Phi) is 5.51. The zero-order valence-corrected chi connectivity index (χ0v) is 15.0. The molecule has 1 saturated carbocycles. The molecule has 5 heteroatoms. The van der Waals surface area contributed by atoms with Crippen LogP contribution in [0, 0.1) is 11.8 Å². The van der Waals surface area contributed by atoms with Gasteiger partial charge < -0.3 is 9.64 Å². The zero-order valence-electron chi connectivity index (χ0n) is 15.0. The molecule has 24 heavy (non-hydrogen) atoms. The lowest BCUT2D eigenvalue weighted by Gasteiger charge is -2.29. The van der Waals surface area contributed by atoms with E-state index in [0.29, 0.717) is 17.9 Å². The topological polar surface area (TPSA) is 45.7 Å². The number of likely N-dealkylation sites (tertiary alicyclic amines) is 1. The zero-order chi connectivity index (χ0) is 17.1. The second-order valence-electron chi connectivity index (χ2n) is 7.40. The summed E-state index contributed by atoms with van der Waals surface area (Å²) in [7, 11) is 4.05. The monoisotopic (exact) mass is 331 g/mol. The fraction of sp³-hybridized carbons (Fsp3) is 0.684. The molecule has 2 heterocycles. The molecule has 3 rings (SSSR count). The third kappa shape index (κ3) is 4.14. The van der Waals surface area contributed by atoms with Crippen molar-refractivity contribution in [3.63, 3.8) is 0 Å². The van der Waals surface area contributed by atoms with Crippen LogP contribution < -0.4 is 0 Å². The smallest absolute Gasteiger partial charge is 0.251 e. The van der Waals surface area contributed by atoms with Crippen LogP contribution >= 0.6 is 0 Å². The first kappa shape index (κ1) is 17.4. The summed E-state index contributed by atoms with van der Waals surface area (Å²) in [5.74, 6) is 1.21. The van der Waals surface area contributed by atoms with E-state index in [-0.39, 0.29) is 12.0 Å². The van der Waals surface area contributed by atoms with E-state index < -0.39 is 0 Å². The summed E-state index contributed by atoms with van der Waals surface area (Å²) in [5.41, 5.74) is 1.24. The number of amides is 1. The molecule has 2 fully saturated rings. The quantitative estimate of drug-likeness (QED) is 0.769. The second kappa shape index (κ2) is 7.62. The number of pyridine rings is 1. The predicted molar refractivity (Wildman–Crippen MR) is 93.5 cm³/mol. The standard InChI is InChI=1S/C19H29N3O2/c1-14(24-13-15-6-7-15)19(23)22(3)12-17-8-10-21(2)18(17)16-5-4-9-20-11-16/h4-5,9,11,14-15,17-18H,6-8,10,12-13H2,1-3H3/t14-,17+,18+/m1/s1. The van der Waals surface area contributed by atoms with Gasteiger partial charge in [0.2, 0.25) is 0 Å². The molecule has 1 amide bonds. The number of hydrogen-bond acceptors (Lipinski definition) is 4. The number of nitrogens with zero attached hydrogens (tertiary/aromatic N) is 3. The molecule has 1 saturated heterocycles. The Balaban J connectivity index is 1.57. The van der Waals surface area contributed by atoms with E-state index in [0.717, 1.165) is 26.1 Å². The van der Waals surface area contributed by atoms with Crippen molar-refractivity contribution in [2.75, 3.05) is 33.8 Å². The highest BCUT2D eigenvalue weighted by atomic mass is 16.5. The molecule has 1 aromatic heterocycles. The van der Waals surface area contributed by atoms with E-state index in [1.54, 1.807) is 0 Å². The van der Waals surface area contributed by atoms with Gasteiger partial charge in [-0.05, 0) is 63.2 Å². The number of ether oxygens (including phenoxy) is 1. The van der Waals surface area contributed by atoms with Crippen LogP contribution in [0.2, 0.25) is 0 Å². The Morgan fingerprint density at radius 3 is 2.92 bits per heavy atom. The molecule has 0 aromatic carbocycles. The summed E-state index contributed by atoms with van der Waals surface area (Å²) >= 11 is 0. The largest absolute Gasteiger partial charge is 0.368 e. The van der Waals surface area contributed by atoms with Gasteiger partial charge in [-0.3, -0.25) is 14.7 Å². The van der Waals surface area contributed by atoms with Crippen LogP contribution in [0.5, 0.6) is 0 Å². The number of carbonyl (C=O) groups excluding carboxylic acids is 1. The van der Waals surface area contributed by atoms with Crippen LogP contribution in [0.15, 0.2) is 24.5 Å². The maximum Gasteiger partial charge on any atom is 0.251 e. The Hall–Kier alpha value is -1.46. The highest BCUT2D eigenvalue weighted by molar-refractivity contribution is 5.80. The van der Waals surface area contributed by atoms with E-state index in [1.165, 1.54) is 18.4 Å². The highest BCUT2D eigenvalue weighted by Crippen LogP contribution is 2.36. The minimum atomic E-state index is -0.341. The van der Waals surface area contributed by atoms with Gasteiger partial charge in [0, 0.05) is 32.0 Å². The fourth-order valence-electron chi connectivity index (χ4n) is 3.68. The van der Waals surface area contributed by atoms with Gasteiger partial charge in [0.1, 0.15) is 6.10 Å². The lowest BCUT2D eigenvalue weighted by Crippen LogP contribution is -2.40. The summed E-state index contributed by atoms with van der Waals surface area (Å²) < 4.78 is 5.73. The van der Waals surface area contributed by atoms with E-state index >= 15 is 0 Å².